The lowest BCUT2D eigenvalue weighted by Crippen LogP contribution is -2.23. The molecule has 0 aromatic heterocycles. The molecule has 1 nitrogen and oxygen atoms in total. The van der Waals surface area contributed by atoms with Crippen LogP contribution in [0.4, 0.5) is 0 Å². The fraction of sp³-hybridized carbons (Fsp3) is 0.529. The normalized spacial score (nSPS) is 12.6. The van der Waals surface area contributed by atoms with E-state index >= 15 is 0 Å². The van der Waals surface area contributed by atoms with Crippen molar-refractivity contribution in [1.82, 2.24) is 5.32 Å². The highest BCUT2D eigenvalue weighted by Gasteiger charge is 2.12. The summed E-state index contributed by atoms with van der Waals surface area (Å²) in [7, 11) is 0. The summed E-state index contributed by atoms with van der Waals surface area (Å²) in [5.74, 6) is 0. The predicted molar refractivity (Wildman–Crippen MR) is 81.9 cm³/mol. The Hall–Kier alpha value is -1.08. The fourth-order valence-corrected chi connectivity index (χ4v) is 1.77. The van der Waals surface area contributed by atoms with E-state index in [0.29, 0.717) is 6.04 Å². The van der Waals surface area contributed by atoms with Gasteiger partial charge in [0, 0.05) is 6.04 Å². The van der Waals surface area contributed by atoms with Gasteiger partial charge >= 0.3 is 0 Å². The first-order valence-corrected chi connectivity index (χ1v) is 6.90. The molecule has 1 heteroatoms. The van der Waals surface area contributed by atoms with Gasteiger partial charge in [0.15, 0.2) is 0 Å². The SMILES string of the molecule is CC(C)NCCC=Cc1ccc(C(C)(C)C)cc1. The van der Waals surface area contributed by atoms with Gasteiger partial charge in [-0.15, -0.1) is 0 Å². The summed E-state index contributed by atoms with van der Waals surface area (Å²) in [4.78, 5) is 0. The van der Waals surface area contributed by atoms with Gasteiger partial charge in [-0.3, -0.25) is 0 Å². The standard InChI is InChI=1S/C17H27N/c1-14(2)18-13-7-6-8-15-9-11-16(12-10-15)17(3,4)5/h6,8-12,14,18H,7,13H2,1-5H3. The van der Waals surface area contributed by atoms with Crippen LogP contribution in [-0.4, -0.2) is 12.6 Å². The van der Waals surface area contributed by atoms with Gasteiger partial charge in [-0.2, -0.15) is 0 Å². The molecule has 0 amide bonds. The molecule has 0 aliphatic carbocycles. The van der Waals surface area contributed by atoms with Gasteiger partial charge in [0.2, 0.25) is 0 Å². The molecule has 0 fully saturated rings. The van der Waals surface area contributed by atoms with E-state index in [-0.39, 0.29) is 5.41 Å². The highest BCUT2D eigenvalue weighted by molar-refractivity contribution is 5.50. The Morgan fingerprint density at radius 3 is 2.22 bits per heavy atom. The average molecular weight is 245 g/mol. The number of hydrogen-bond acceptors (Lipinski definition) is 1. The summed E-state index contributed by atoms with van der Waals surface area (Å²) < 4.78 is 0. The smallest absolute Gasteiger partial charge is 0.00105 e. The van der Waals surface area contributed by atoms with Crippen molar-refractivity contribution in [1.29, 1.82) is 0 Å². The topological polar surface area (TPSA) is 12.0 Å². The van der Waals surface area contributed by atoms with Crippen LogP contribution in [0.5, 0.6) is 0 Å². The van der Waals surface area contributed by atoms with Crippen LogP contribution >= 0.6 is 0 Å². The molecular weight excluding hydrogens is 218 g/mol. The molecule has 0 radical (unpaired) electrons. The van der Waals surface area contributed by atoms with E-state index in [1.807, 2.05) is 0 Å². The third-order valence-corrected chi connectivity index (χ3v) is 2.95. The molecule has 0 aliphatic heterocycles. The summed E-state index contributed by atoms with van der Waals surface area (Å²) in [5, 5.41) is 3.41. The number of rotatable bonds is 5. The quantitative estimate of drug-likeness (QED) is 0.759. The third kappa shape index (κ3) is 5.50. The Morgan fingerprint density at radius 1 is 1.11 bits per heavy atom. The maximum atomic E-state index is 3.41. The monoisotopic (exact) mass is 245 g/mol. The molecule has 0 aliphatic rings. The molecule has 0 unspecified atom stereocenters. The van der Waals surface area contributed by atoms with E-state index in [2.05, 4.69) is 76.4 Å². The van der Waals surface area contributed by atoms with Crippen LogP contribution in [0.1, 0.15) is 52.2 Å². The highest BCUT2D eigenvalue weighted by atomic mass is 14.9. The van der Waals surface area contributed by atoms with Gasteiger partial charge in [0.25, 0.3) is 0 Å². The lowest BCUT2D eigenvalue weighted by Gasteiger charge is -2.18. The van der Waals surface area contributed by atoms with Crippen molar-refractivity contribution in [2.75, 3.05) is 6.54 Å². The van der Waals surface area contributed by atoms with Gasteiger partial charge in [-0.05, 0) is 29.5 Å². The van der Waals surface area contributed by atoms with Crippen molar-refractivity contribution in [2.24, 2.45) is 0 Å². The molecule has 0 bridgehead atoms. The van der Waals surface area contributed by atoms with Crippen LogP contribution < -0.4 is 5.32 Å². The van der Waals surface area contributed by atoms with Crippen molar-refractivity contribution in [3.8, 4) is 0 Å². The largest absolute Gasteiger partial charge is 0.314 e. The second-order valence-corrected chi connectivity index (χ2v) is 6.17. The zero-order chi connectivity index (χ0) is 13.6. The summed E-state index contributed by atoms with van der Waals surface area (Å²) in [5.41, 5.74) is 2.91. The first-order valence-electron chi connectivity index (χ1n) is 6.90. The zero-order valence-corrected chi connectivity index (χ0v) is 12.5. The van der Waals surface area contributed by atoms with Gasteiger partial charge in [-0.1, -0.05) is 71.0 Å². The minimum atomic E-state index is 0.240. The molecule has 1 rings (SSSR count). The molecule has 0 heterocycles. The van der Waals surface area contributed by atoms with Crippen LogP contribution in [0.2, 0.25) is 0 Å². The van der Waals surface area contributed by atoms with Crippen LogP contribution in [0.25, 0.3) is 6.08 Å². The number of benzene rings is 1. The molecular formula is C17H27N. The summed E-state index contributed by atoms with van der Waals surface area (Å²) in [6.07, 6.45) is 5.52. The lowest BCUT2D eigenvalue weighted by molar-refractivity contribution is 0.590. The van der Waals surface area contributed by atoms with Crippen molar-refractivity contribution < 1.29 is 0 Å². The van der Waals surface area contributed by atoms with Crippen LogP contribution in [-0.2, 0) is 5.41 Å². The maximum Gasteiger partial charge on any atom is 0.00105 e. The number of hydrogen-bond donors (Lipinski definition) is 1. The van der Waals surface area contributed by atoms with E-state index in [1.54, 1.807) is 0 Å². The van der Waals surface area contributed by atoms with Crippen LogP contribution in [0.15, 0.2) is 30.3 Å². The minimum absolute atomic E-state index is 0.240. The number of nitrogens with one attached hydrogen (secondary N) is 1. The molecule has 0 atom stereocenters. The van der Waals surface area contributed by atoms with Crippen molar-refractivity contribution in [2.45, 2.75) is 52.5 Å². The van der Waals surface area contributed by atoms with E-state index < -0.39 is 0 Å². The maximum absolute atomic E-state index is 3.41. The molecule has 18 heavy (non-hydrogen) atoms. The van der Waals surface area contributed by atoms with Gasteiger partial charge in [0.05, 0.1) is 0 Å². The summed E-state index contributed by atoms with van der Waals surface area (Å²) >= 11 is 0. The Balaban J connectivity index is 2.46. The molecule has 0 saturated carbocycles. The average Bonchev–Trinajstić information content (AvgIpc) is 2.27. The molecule has 100 valence electrons. The van der Waals surface area contributed by atoms with Crippen molar-refractivity contribution in [3.05, 3.63) is 41.5 Å². The van der Waals surface area contributed by atoms with Crippen molar-refractivity contribution in [3.63, 3.8) is 0 Å². The highest BCUT2D eigenvalue weighted by Crippen LogP contribution is 2.22. The fourth-order valence-electron chi connectivity index (χ4n) is 1.77. The molecule has 1 aromatic rings. The Kier molecular flexibility index (Phi) is 5.61. The molecule has 1 aromatic carbocycles. The van der Waals surface area contributed by atoms with Crippen LogP contribution in [0, 0.1) is 0 Å². The Labute approximate surface area is 112 Å². The van der Waals surface area contributed by atoms with Gasteiger partial charge < -0.3 is 5.32 Å². The predicted octanol–water partition coefficient (Wildman–Crippen LogP) is 4.39. The van der Waals surface area contributed by atoms with Gasteiger partial charge in [-0.25, -0.2) is 0 Å². The van der Waals surface area contributed by atoms with Crippen LogP contribution in [0.3, 0.4) is 0 Å². The molecule has 1 N–H and O–H groups in total. The van der Waals surface area contributed by atoms with E-state index in [0.717, 1.165) is 13.0 Å². The molecule has 0 saturated heterocycles. The van der Waals surface area contributed by atoms with E-state index in [9.17, 15) is 0 Å². The van der Waals surface area contributed by atoms with E-state index in [1.165, 1.54) is 11.1 Å². The van der Waals surface area contributed by atoms with Gasteiger partial charge in [0.1, 0.15) is 0 Å². The summed E-state index contributed by atoms with van der Waals surface area (Å²) in [6, 6.07) is 9.43. The zero-order valence-electron chi connectivity index (χ0n) is 12.5. The second kappa shape index (κ2) is 6.75. The minimum Gasteiger partial charge on any atom is -0.314 e. The summed E-state index contributed by atoms with van der Waals surface area (Å²) in [6.45, 7) is 12.1. The first-order chi connectivity index (χ1) is 8.39. The Bertz CT molecular complexity index is 366. The molecule has 0 spiro atoms. The lowest BCUT2D eigenvalue weighted by atomic mass is 9.87. The van der Waals surface area contributed by atoms with Crippen molar-refractivity contribution >= 4 is 6.08 Å². The van der Waals surface area contributed by atoms with E-state index in [4.69, 9.17) is 0 Å². The second-order valence-electron chi connectivity index (χ2n) is 6.17. The third-order valence-electron chi connectivity index (χ3n) is 2.95. The first kappa shape index (κ1) is 15.0. The Morgan fingerprint density at radius 2 is 1.72 bits per heavy atom.